The van der Waals surface area contributed by atoms with E-state index in [1.807, 2.05) is 26.0 Å². The molecule has 4 rings (SSSR count). The Morgan fingerprint density at radius 1 is 0.957 bits per heavy atom. The Morgan fingerprint density at radius 2 is 1.64 bits per heavy atom. The predicted octanol–water partition coefficient (Wildman–Crippen LogP) is 5.20. The Hall–Kier alpha value is -5.34. The summed E-state index contributed by atoms with van der Waals surface area (Å²) in [4.78, 5) is 45.0. The summed E-state index contributed by atoms with van der Waals surface area (Å²) in [6, 6.07) is 10.4. The van der Waals surface area contributed by atoms with Crippen LogP contribution >= 0.6 is 0 Å². The van der Waals surface area contributed by atoms with Crippen LogP contribution in [0.2, 0.25) is 0 Å². The summed E-state index contributed by atoms with van der Waals surface area (Å²) < 4.78 is 41.8. The molecule has 14 nitrogen and oxygen atoms in total. The smallest absolute Gasteiger partial charge is 0.408 e. The molecule has 4 aromatic rings. The molecule has 0 saturated carbocycles. The summed E-state index contributed by atoms with van der Waals surface area (Å²) in [6.07, 6.45) is -0.184. The minimum absolute atomic E-state index is 0.118. The largest absolute Gasteiger partial charge is 0.481 e. The average molecular weight is 653 g/mol. The molecule has 0 aliphatic rings. The SMILES string of the molecule is CCc1nc(-c2ccc(OC(CC)c3nc(-c4ccc(C(=O)N[C@H](C)COC(=O)CNC(=O)OC(C)(C)C)c(F)c4)no3)cc2)no1. The first-order valence-electron chi connectivity index (χ1n) is 15.0. The van der Waals surface area contributed by atoms with Crippen LogP contribution in [-0.4, -0.2) is 63.0 Å². The number of carbonyl (C=O) groups is 3. The van der Waals surface area contributed by atoms with E-state index in [1.54, 1.807) is 39.8 Å². The van der Waals surface area contributed by atoms with Crippen molar-refractivity contribution in [1.82, 2.24) is 30.9 Å². The highest BCUT2D eigenvalue weighted by Gasteiger charge is 2.22. The molecular formula is C32H37FN6O8. The zero-order valence-corrected chi connectivity index (χ0v) is 27.0. The van der Waals surface area contributed by atoms with Gasteiger partial charge in [-0.25, -0.2) is 9.18 Å². The Labute approximate surface area is 270 Å². The number of aromatic nitrogens is 4. The van der Waals surface area contributed by atoms with Crippen LogP contribution in [0.25, 0.3) is 22.8 Å². The number of nitrogens with one attached hydrogen (secondary N) is 2. The first-order chi connectivity index (χ1) is 22.3. The van der Waals surface area contributed by atoms with E-state index in [1.165, 1.54) is 12.1 Å². The van der Waals surface area contributed by atoms with Gasteiger partial charge in [-0.2, -0.15) is 9.97 Å². The second kappa shape index (κ2) is 15.3. The highest BCUT2D eigenvalue weighted by molar-refractivity contribution is 5.95. The fourth-order valence-electron chi connectivity index (χ4n) is 4.06. The van der Waals surface area contributed by atoms with Gasteiger partial charge < -0.3 is 33.9 Å². The summed E-state index contributed by atoms with van der Waals surface area (Å²) in [6.45, 7) is 9.86. The minimum atomic E-state index is -0.812. The van der Waals surface area contributed by atoms with E-state index < -0.39 is 48.1 Å². The molecule has 0 spiro atoms. The third-order valence-corrected chi connectivity index (χ3v) is 6.37. The number of hydrogen-bond acceptors (Lipinski definition) is 12. The Bertz CT molecular complexity index is 1680. The van der Waals surface area contributed by atoms with Gasteiger partial charge in [0.05, 0.1) is 11.6 Å². The molecule has 2 N–H and O–H groups in total. The first-order valence-corrected chi connectivity index (χ1v) is 15.0. The van der Waals surface area contributed by atoms with Gasteiger partial charge in [-0.3, -0.25) is 9.59 Å². The molecule has 2 amide bonds. The lowest BCUT2D eigenvalue weighted by molar-refractivity contribution is -0.143. The molecule has 2 aromatic carbocycles. The molecule has 0 aliphatic heterocycles. The predicted molar refractivity (Wildman–Crippen MR) is 165 cm³/mol. The maximum absolute atomic E-state index is 15.0. The van der Waals surface area contributed by atoms with E-state index in [2.05, 4.69) is 30.9 Å². The standard InChI is InChI=1S/C32H37FN6O8/c1-7-24(44-21-12-9-19(10-13-21)27-36-25(8-2)46-38-27)30-37-28(39-47-30)20-11-14-22(23(33)15-20)29(41)35-18(3)17-43-26(40)16-34-31(42)45-32(4,5)6/h9-15,18,24H,7-8,16-17H2,1-6H3,(H,34,42)(H,35,41)/t18-,24?/m1/s1. The van der Waals surface area contributed by atoms with Crippen molar-refractivity contribution in [3.8, 4) is 28.5 Å². The maximum Gasteiger partial charge on any atom is 0.408 e. The molecular weight excluding hydrogens is 615 g/mol. The normalized spacial score (nSPS) is 12.6. The number of halogens is 1. The fourth-order valence-corrected chi connectivity index (χ4v) is 4.06. The van der Waals surface area contributed by atoms with E-state index in [0.717, 1.165) is 11.6 Å². The monoisotopic (exact) mass is 652 g/mol. The van der Waals surface area contributed by atoms with Gasteiger partial charge in [0, 0.05) is 17.5 Å². The van der Waals surface area contributed by atoms with Crippen molar-refractivity contribution in [2.75, 3.05) is 13.2 Å². The van der Waals surface area contributed by atoms with E-state index in [0.29, 0.717) is 35.9 Å². The van der Waals surface area contributed by atoms with Crippen molar-refractivity contribution in [3.63, 3.8) is 0 Å². The van der Waals surface area contributed by atoms with Crippen molar-refractivity contribution >= 4 is 18.0 Å². The molecule has 0 aliphatic carbocycles. The molecule has 15 heteroatoms. The van der Waals surface area contributed by atoms with E-state index in [-0.39, 0.29) is 23.9 Å². The summed E-state index contributed by atoms with van der Waals surface area (Å²) in [5.74, 6) is -0.346. The zero-order valence-electron chi connectivity index (χ0n) is 27.0. The van der Waals surface area contributed by atoms with Gasteiger partial charge in [-0.1, -0.05) is 30.2 Å². The second-order valence-electron chi connectivity index (χ2n) is 11.5. The molecule has 47 heavy (non-hydrogen) atoms. The van der Waals surface area contributed by atoms with Crippen molar-refractivity contribution < 1.29 is 42.0 Å². The Kier molecular flexibility index (Phi) is 11.2. The van der Waals surface area contributed by atoms with Crippen LogP contribution in [0.15, 0.2) is 51.5 Å². The summed E-state index contributed by atoms with van der Waals surface area (Å²) in [5, 5.41) is 12.8. The molecule has 0 fully saturated rings. The van der Waals surface area contributed by atoms with Crippen molar-refractivity contribution in [2.45, 2.75) is 72.1 Å². The third kappa shape index (κ3) is 9.82. The number of esters is 1. The Balaban J connectivity index is 1.30. The van der Waals surface area contributed by atoms with Crippen molar-refractivity contribution in [3.05, 3.63) is 65.6 Å². The van der Waals surface area contributed by atoms with Gasteiger partial charge in [0.2, 0.25) is 17.5 Å². The number of ether oxygens (including phenoxy) is 3. The molecule has 0 radical (unpaired) electrons. The van der Waals surface area contributed by atoms with Crippen LogP contribution in [0.4, 0.5) is 9.18 Å². The summed E-state index contributed by atoms with van der Waals surface area (Å²) >= 11 is 0. The van der Waals surface area contributed by atoms with Gasteiger partial charge >= 0.3 is 12.1 Å². The number of aryl methyl sites for hydroxylation is 1. The molecule has 2 heterocycles. The van der Waals surface area contributed by atoms with Gasteiger partial charge in [0.25, 0.3) is 11.8 Å². The number of amides is 2. The topological polar surface area (TPSA) is 181 Å². The number of hydrogen-bond donors (Lipinski definition) is 2. The van der Waals surface area contributed by atoms with E-state index >= 15 is 4.39 Å². The molecule has 2 atom stereocenters. The summed E-state index contributed by atoms with van der Waals surface area (Å²) in [7, 11) is 0. The lowest BCUT2D eigenvalue weighted by Gasteiger charge is -2.19. The average Bonchev–Trinajstić information content (AvgIpc) is 3.72. The van der Waals surface area contributed by atoms with Crippen LogP contribution in [0.3, 0.4) is 0 Å². The number of benzene rings is 2. The summed E-state index contributed by atoms with van der Waals surface area (Å²) in [5.41, 5.74) is 0.121. The number of carbonyl (C=O) groups excluding carboxylic acids is 3. The maximum atomic E-state index is 15.0. The van der Waals surface area contributed by atoms with Crippen molar-refractivity contribution in [2.24, 2.45) is 0 Å². The minimum Gasteiger partial charge on any atom is -0.481 e. The first kappa shape index (κ1) is 34.5. The van der Waals surface area contributed by atoms with Gasteiger partial charge in [-0.15, -0.1) is 0 Å². The van der Waals surface area contributed by atoms with Gasteiger partial charge in [0.1, 0.15) is 30.3 Å². The fraction of sp³-hybridized carbons (Fsp3) is 0.406. The highest BCUT2D eigenvalue weighted by atomic mass is 19.1. The number of alkyl carbamates (subject to hydrolysis) is 1. The van der Waals surface area contributed by atoms with E-state index in [4.69, 9.17) is 23.3 Å². The van der Waals surface area contributed by atoms with E-state index in [9.17, 15) is 14.4 Å². The molecule has 0 saturated heterocycles. The second-order valence-corrected chi connectivity index (χ2v) is 11.5. The Morgan fingerprint density at radius 3 is 2.28 bits per heavy atom. The lowest BCUT2D eigenvalue weighted by atomic mass is 10.1. The molecule has 250 valence electrons. The number of rotatable bonds is 13. The van der Waals surface area contributed by atoms with Crippen LogP contribution in [0.1, 0.15) is 76.2 Å². The number of nitrogens with zero attached hydrogens (tertiary/aromatic N) is 4. The molecule has 2 aromatic heterocycles. The lowest BCUT2D eigenvalue weighted by Crippen LogP contribution is -2.39. The van der Waals surface area contributed by atoms with Crippen LogP contribution < -0.4 is 15.4 Å². The molecule has 0 bridgehead atoms. The van der Waals surface area contributed by atoms with Crippen LogP contribution in [0.5, 0.6) is 5.75 Å². The van der Waals surface area contributed by atoms with Gasteiger partial charge in [-0.05, 0) is 70.5 Å². The highest BCUT2D eigenvalue weighted by Crippen LogP contribution is 2.28. The molecule has 1 unspecified atom stereocenters. The zero-order chi connectivity index (χ0) is 34.1. The van der Waals surface area contributed by atoms with Crippen LogP contribution in [-0.2, 0) is 20.7 Å². The quantitative estimate of drug-likeness (QED) is 0.180. The van der Waals surface area contributed by atoms with Crippen molar-refractivity contribution in [1.29, 1.82) is 0 Å². The van der Waals surface area contributed by atoms with Gasteiger partial charge in [0.15, 0.2) is 6.10 Å². The van der Waals surface area contributed by atoms with Crippen LogP contribution in [0, 0.1) is 5.82 Å². The third-order valence-electron chi connectivity index (χ3n) is 6.37.